The lowest BCUT2D eigenvalue weighted by Gasteiger charge is -2.21. The maximum absolute atomic E-state index is 6.22. The smallest absolute Gasteiger partial charge is 0.122 e. The van der Waals surface area contributed by atoms with E-state index in [-0.39, 0.29) is 6.04 Å². The van der Waals surface area contributed by atoms with Gasteiger partial charge in [-0.25, -0.2) is 0 Å². The molecule has 0 heterocycles. The van der Waals surface area contributed by atoms with Crippen LogP contribution in [0.15, 0.2) is 18.2 Å². The van der Waals surface area contributed by atoms with E-state index in [4.69, 9.17) is 10.5 Å². The van der Waals surface area contributed by atoms with Gasteiger partial charge in [-0.15, -0.1) is 0 Å². The molecule has 2 nitrogen and oxygen atoms in total. The molecule has 0 bridgehead atoms. The minimum atomic E-state index is 0.101. The normalized spacial score (nSPS) is 13.5. The number of aryl methyl sites for hydroxylation is 1. The zero-order valence-corrected chi connectivity index (χ0v) is 11.7. The molecular formula is C15H25NO. The highest BCUT2D eigenvalue weighted by atomic mass is 16.5. The van der Waals surface area contributed by atoms with Crippen LogP contribution in [-0.4, -0.2) is 7.11 Å². The molecule has 1 aromatic rings. The van der Waals surface area contributed by atoms with Gasteiger partial charge in [0.1, 0.15) is 5.75 Å². The standard InChI is InChI=1S/C15H25NO/c1-11-6-7-12(10-14(11)17-5)13(16)8-9-15(2,3)4/h6-7,10,13H,8-9,16H2,1-5H3. The van der Waals surface area contributed by atoms with Gasteiger partial charge in [-0.1, -0.05) is 32.9 Å². The van der Waals surface area contributed by atoms with Crippen molar-refractivity contribution in [2.75, 3.05) is 7.11 Å². The van der Waals surface area contributed by atoms with Crippen LogP contribution in [0.25, 0.3) is 0 Å². The quantitative estimate of drug-likeness (QED) is 0.860. The second kappa shape index (κ2) is 5.54. The zero-order chi connectivity index (χ0) is 13.1. The molecular weight excluding hydrogens is 210 g/mol. The van der Waals surface area contributed by atoms with Crippen LogP contribution in [0.3, 0.4) is 0 Å². The number of methoxy groups -OCH3 is 1. The van der Waals surface area contributed by atoms with E-state index >= 15 is 0 Å². The third-order valence-electron chi connectivity index (χ3n) is 3.07. The van der Waals surface area contributed by atoms with Gasteiger partial charge in [-0.05, 0) is 42.4 Å². The van der Waals surface area contributed by atoms with E-state index in [1.165, 1.54) is 0 Å². The summed E-state index contributed by atoms with van der Waals surface area (Å²) < 4.78 is 5.33. The Balaban J connectivity index is 2.72. The summed E-state index contributed by atoms with van der Waals surface area (Å²) in [5.74, 6) is 0.925. The average Bonchev–Trinajstić information content (AvgIpc) is 2.25. The summed E-state index contributed by atoms with van der Waals surface area (Å²) in [6.45, 7) is 8.78. The largest absolute Gasteiger partial charge is 0.496 e. The lowest BCUT2D eigenvalue weighted by Crippen LogP contribution is -2.14. The summed E-state index contributed by atoms with van der Waals surface area (Å²) in [5, 5.41) is 0. The minimum absolute atomic E-state index is 0.101. The summed E-state index contributed by atoms with van der Waals surface area (Å²) in [6.07, 6.45) is 2.14. The van der Waals surface area contributed by atoms with Gasteiger partial charge in [-0.2, -0.15) is 0 Å². The Labute approximate surface area is 105 Å². The Bertz CT molecular complexity index is 366. The minimum Gasteiger partial charge on any atom is -0.496 e. The van der Waals surface area contributed by atoms with Crippen LogP contribution in [0.1, 0.15) is 50.8 Å². The summed E-state index contributed by atoms with van der Waals surface area (Å²) in [4.78, 5) is 0. The molecule has 0 radical (unpaired) electrons. The Morgan fingerprint density at radius 2 is 1.94 bits per heavy atom. The van der Waals surface area contributed by atoms with Gasteiger partial charge in [-0.3, -0.25) is 0 Å². The van der Waals surface area contributed by atoms with Crippen molar-refractivity contribution in [1.82, 2.24) is 0 Å². The first-order valence-electron chi connectivity index (χ1n) is 6.23. The molecule has 0 aliphatic rings. The molecule has 2 N–H and O–H groups in total. The topological polar surface area (TPSA) is 35.2 Å². The highest BCUT2D eigenvalue weighted by Crippen LogP contribution is 2.28. The second-order valence-corrected chi connectivity index (χ2v) is 5.93. The van der Waals surface area contributed by atoms with E-state index < -0.39 is 0 Å². The van der Waals surface area contributed by atoms with Gasteiger partial charge in [0.15, 0.2) is 0 Å². The van der Waals surface area contributed by atoms with Crippen LogP contribution < -0.4 is 10.5 Å². The van der Waals surface area contributed by atoms with Gasteiger partial charge in [0, 0.05) is 6.04 Å². The number of hydrogen-bond acceptors (Lipinski definition) is 2. The SMILES string of the molecule is COc1cc(C(N)CCC(C)(C)C)ccc1C. The molecule has 0 amide bonds. The van der Waals surface area contributed by atoms with Gasteiger partial charge in [0.2, 0.25) is 0 Å². The molecule has 1 unspecified atom stereocenters. The Kier molecular flexibility index (Phi) is 4.58. The number of hydrogen-bond donors (Lipinski definition) is 1. The lowest BCUT2D eigenvalue weighted by molar-refractivity contribution is 0.349. The lowest BCUT2D eigenvalue weighted by atomic mass is 9.87. The first kappa shape index (κ1) is 14.0. The number of benzene rings is 1. The van der Waals surface area contributed by atoms with Gasteiger partial charge >= 0.3 is 0 Å². The van der Waals surface area contributed by atoms with E-state index in [0.717, 1.165) is 29.7 Å². The van der Waals surface area contributed by atoms with E-state index in [1.807, 2.05) is 6.92 Å². The van der Waals surface area contributed by atoms with Crippen molar-refractivity contribution in [2.24, 2.45) is 11.1 Å². The van der Waals surface area contributed by atoms with Crippen molar-refractivity contribution >= 4 is 0 Å². The van der Waals surface area contributed by atoms with Crippen molar-refractivity contribution in [3.05, 3.63) is 29.3 Å². The van der Waals surface area contributed by atoms with Crippen molar-refractivity contribution in [1.29, 1.82) is 0 Å². The van der Waals surface area contributed by atoms with Crippen LogP contribution in [0, 0.1) is 12.3 Å². The molecule has 0 saturated carbocycles. The van der Waals surface area contributed by atoms with E-state index in [2.05, 4.69) is 39.0 Å². The highest BCUT2D eigenvalue weighted by Gasteiger charge is 2.14. The van der Waals surface area contributed by atoms with Crippen molar-refractivity contribution < 1.29 is 4.74 Å². The molecule has 0 aromatic heterocycles. The predicted octanol–water partition coefficient (Wildman–Crippen LogP) is 3.83. The molecule has 1 aromatic carbocycles. The fraction of sp³-hybridized carbons (Fsp3) is 0.600. The maximum atomic E-state index is 6.22. The monoisotopic (exact) mass is 235 g/mol. The van der Waals surface area contributed by atoms with Crippen LogP contribution >= 0.6 is 0 Å². The van der Waals surface area contributed by atoms with Crippen LogP contribution in [-0.2, 0) is 0 Å². The van der Waals surface area contributed by atoms with Crippen LogP contribution in [0.5, 0.6) is 5.75 Å². The van der Waals surface area contributed by atoms with E-state index in [1.54, 1.807) is 7.11 Å². The molecule has 2 heteroatoms. The number of nitrogens with two attached hydrogens (primary N) is 1. The third-order valence-corrected chi connectivity index (χ3v) is 3.07. The fourth-order valence-corrected chi connectivity index (χ4v) is 1.82. The Morgan fingerprint density at radius 3 is 2.47 bits per heavy atom. The van der Waals surface area contributed by atoms with E-state index in [9.17, 15) is 0 Å². The summed E-state index contributed by atoms with van der Waals surface area (Å²) in [5.41, 5.74) is 8.88. The van der Waals surface area contributed by atoms with Crippen molar-refractivity contribution in [2.45, 2.75) is 46.6 Å². The molecule has 17 heavy (non-hydrogen) atoms. The third kappa shape index (κ3) is 4.39. The van der Waals surface area contributed by atoms with E-state index in [0.29, 0.717) is 5.41 Å². The zero-order valence-electron chi connectivity index (χ0n) is 11.7. The molecule has 0 saturated heterocycles. The van der Waals surface area contributed by atoms with Crippen molar-refractivity contribution in [3.63, 3.8) is 0 Å². The fourth-order valence-electron chi connectivity index (χ4n) is 1.82. The summed E-state index contributed by atoms with van der Waals surface area (Å²) in [6, 6.07) is 6.34. The second-order valence-electron chi connectivity index (χ2n) is 5.93. The summed E-state index contributed by atoms with van der Waals surface area (Å²) >= 11 is 0. The van der Waals surface area contributed by atoms with Gasteiger partial charge in [0.05, 0.1) is 7.11 Å². The highest BCUT2D eigenvalue weighted by molar-refractivity contribution is 5.37. The molecule has 1 atom stereocenters. The number of rotatable bonds is 4. The van der Waals surface area contributed by atoms with Gasteiger partial charge < -0.3 is 10.5 Å². The van der Waals surface area contributed by atoms with Gasteiger partial charge in [0.25, 0.3) is 0 Å². The average molecular weight is 235 g/mol. The molecule has 1 rings (SSSR count). The van der Waals surface area contributed by atoms with Crippen molar-refractivity contribution in [3.8, 4) is 5.75 Å². The first-order valence-corrected chi connectivity index (χ1v) is 6.23. The molecule has 0 aliphatic heterocycles. The molecule has 0 aliphatic carbocycles. The maximum Gasteiger partial charge on any atom is 0.122 e. The Morgan fingerprint density at radius 1 is 1.29 bits per heavy atom. The predicted molar refractivity (Wildman–Crippen MR) is 73.3 cm³/mol. The molecule has 0 spiro atoms. The molecule has 96 valence electrons. The first-order chi connectivity index (χ1) is 7.83. The molecule has 0 fully saturated rings. The van der Waals surface area contributed by atoms with Crippen LogP contribution in [0.4, 0.5) is 0 Å². The Hall–Kier alpha value is -1.02. The van der Waals surface area contributed by atoms with Crippen LogP contribution in [0.2, 0.25) is 0 Å². The summed E-state index contributed by atoms with van der Waals surface area (Å²) in [7, 11) is 1.70. The number of ether oxygens (including phenoxy) is 1.